The van der Waals surface area contributed by atoms with E-state index in [9.17, 15) is 4.79 Å². The van der Waals surface area contributed by atoms with Crippen LogP contribution in [0.25, 0.3) is 11.0 Å². The van der Waals surface area contributed by atoms with Gasteiger partial charge in [0.1, 0.15) is 5.58 Å². The summed E-state index contributed by atoms with van der Waals surface area (Å²) in [5.74, 6) is 0.0152. The van der Waals surface area contributed by atoms with Crippen molar-refractivity contribution in [1.29, 1.82) is 0 Å². The number of amides is 1. The summed E-state index contributed by atoms with van der Waals surface area (Å²) < 4.78 is 16.7. The number of rotatable bonds is 4. The van der Waals surface area contributed by atoms with E-state index in [2.05, 4.69) is 23.2 Å². The molecule has 6 heteroatoms. The quantitative estimate of drug-likeness (QED) is 0.903. The number of morpholine rings is 1. The summed E-state index contributed by atoms with van der Waals surface area (Å²) in [6, 6.07) is 4.40. The van der Waals surface area contributed by atoms with E-state index in [1.165, 1.54) is 0 Å². The summed E-state index contributed by atoms with van der Waals surface area (Å²) in [6.45, 7) is 8.62. The summed E-state index contributed by atoms with van der Waals surface area (Å²) in [4.78, 5) is 15.0. The number of nitrogens with one attached hydrogen (secondary N) is 1. The standard InChI is InChI=1S/C20H26N2O4/c1-13-7-14(2)20-15(10-26-18(20)8-13)9-19(23)21-16-11-25-12-17(16)22-3-5-24-6-4-22/h7-8,10,16-17H,3-6,9,11-12H2,1-2H3,(H,21,23)/t16-,17-/m0/s1. The van der Waals surface area contributed by atoms with Gasteiger partial charge in [0, 0.05) is 24.0 Å². The van der Waals surface area contributed by atoms with Gasteiger partial charge in [0.25, 0.3) is 0 Å². The van der Waals surface area contributed by atoms with Crippen LogP contribution < -0.4 is 5.32 Å². The largest absolute Gasteiger partial charge is 0.464 e. The van der Waals surface area contributed by atoms with Gasteiger partial charge in [-0.15, -0.1) is 0 Å². The van der Waals surface area contributed by atoms with Gasteiger partial charge in [-0.1, -0.05) is 6.07 Å². The molecule has 0 unspecified atom stereocenters. The van der Waals surface area contributed by atoms with Crippen LogP contribution in [0.3, 0.4) is 0 Å². The Balaban J connectivity index is 1.44. The maximum atomic E-state index is 12.7. The normalized spacial score (nSPS) is 24.2. The monoisotopic (exact) mass is 358 g/mol. The van der Waals surface area contributed by atoms with Crippen molar-refractivity contribution >= 4 is 16.9 Å². The molecule has 0 spiro atoms. The van der Waals surface area contributed by atoms with Crippen LogP contribution in [0.15, 0.2) is 22.8 Å². The molecule has 0 aliphatic carbocycles. The number of furan rings is 1. The van der Waals surface area contributed by atoms with Gasteiger partial charge >= 0.3 is 0 Å². The lowest BCUT2D eigenvalue weighted by atomic mass is 10.0. The van der Waals surface area contributed by atoms with E-state index in [0.717, 1.165) is 54.0 Å². The van der Waals surface area contributed by atoms with E-state index in [1.54, 1.807) is 6.26 Å². The van der Waals surface area contributed by atoms with Gasteiger partial charge in [-0.05, 0) is 31.0 Å². The van der Waals surface area contributed by atoms with Gasteiger partial charge in [0.05, 0.1) is 51.2 Å². The molecule has 4 rings (SSSR count). The zero-order valence-electron chi connectivity index (χ0n) is 15.4. The van der Waals surface area contributed by atoms with Crippen LogP contribution in [-0.4, -0.2) is 62.4 Å². The average Bonchev–Trinajstić information content (AvgIpc) is 3.23. The van der Waals surface area contributed by atoms with Crippen molar-refractivity contribution in [2.75, 3.05) is 39.5 Å². The fourth-order valence-corrected chi connectivity index (χ4v) is 4.14. The zero-order chi connectivity index (χ0) is 18.1. The van der Waals surface area contributed by atoms with Crippen molar-refractivity contribution < 1.29 is 18.7 Å². The number of hydrogen-bond acceptors (Lipinski definition) is 5. The van der Waals surface area contributed by atoms with Gasteiger partial charge in [-0.2, -0.15) is 0 Å². The number of fused-ring (bicyclic) bond motifs is 1. The summed E-state index contributed by atoms with van der Waals surface area (Å²) >= 11 is 0. The molecule has 26 heavy (non-hydrogen) atoms. The van der Waals surface area contributed by atoms with Crippen molar-refractivity contribution in [2.24, 2.45) is 0 Å². The highest BCUT2D eigenvalue weighted by atomic mass is 16.5. The van der Waals surface area contributed by atoms with Crippen molar-refractivity contribution in [3.05, 3.63) is 35.1 Å². The molecule has 2 aromatic rings. The maximum Gasteiger partial charge on any atom is 0.224 e. The Kier molecular flexibility index (Phi) is 4.98. The van der Waals surface area contributed by atoms with Gasteiger partial charge < -0.3 is 19.2 Å². The number of benzene rings is 1. The van der Waals surface area contributed by atoms with Crippen LogP contribution in [0.1, 0.15) is 16.7 Å². The lowest BCUT2D eigenvalue weighted by Crippen LogP contribution is -2.54. The second-order valence-corrected chi connectivity index (χ2v) is 7.32. The minimum Gasteiger partial charge on any atom is -0.464 e. The van der Waals surface area contributed by atoms with Crippen LogP contribution in [0.5, 0.6) is 0 Å². The molecule has 2 aliphatic rings. The SMILES string of the molecule is Cc1cc(C)c2c(CC(=O)N[C@H]3COC[C@@H]3N3CCOCC3)coc2c1. The summed E-state index contributed by atoms with van der Waals surface area (Å²) in [7, 11) is 0. The van der Waals surface area contributed by atoms with Gasteiger partial charge in [0.15, 0.2) is 0 Å². The molecule has 2 aliphatic heterocycles. The molecule has 2 fully saturated rings. The minimum absolute atomic E-state index is 0.0152. The first-order valence-electron chi connectivity index (χ1n) is 9.28. The van der Waals surface area contributed by atoms with E-state index in [1.807, 2.05) is 13.0 Å². The summed E-state index contributed by atoms with van der Waals surface area (Å²) in [6.07, 6.45) is 2.03. The van der Waals surface area contributed by atoms with Crippen LogP contribution in [0.2, 0.25) is 0 Å². The second-order valence-electron chi connectivity index (χ2n) is 7.32. The summed E-state index contributed by atoms with van der Waals surface area (Å²) in [5, 5.41) is 4.23. The fourth-order valence-electron chi connectivity index (χ4n) is 4.14. The third kappa shape index (κ3) is 3.49. The molecule has 3 heterocycles. The second kappa shape index (κ2) is 7.39. The lowest BCUT2D eigenvalue weighted by Gasteiger charge is -2.34. The first kappa shape index (κ1) is 17.5. The van der Waals surface area contributed by atoms with Crippen LogP contribution in [0, 0.1) is 13.8 Å². The highest BCUT2D eigenvalue weighted by Crippen LogP contribution is 2.26. The molecule has 0 saturated carbocycles. The number of hydrogen-bond donors (Lipinski definition) is 1. The predicted molar refractivity (Wildman–Crippen MR) is 98.3 cm³/mol. The maximum absolute atomic E-state index is 12.7. The topological polar surface area (TPSA) is 63.9 Å². The van der Waals surface area contributed by atoms with E-state index in [-0.39, 0.29) is 18.0 Å². The van der Waals surface area contributed by atoms with E-state index < -0.39 is 0 Å². The Morgan fingerprint density at radius 2 is 2.00 bits per heavy atom. The molecule has 0 radical (unpaired) electrons. The Bertz CT molecular complexity index is 794. The molecule has 1 aromatic carbocycles. The van der Waals surface area contributed by atoms with Crippen molar-refractivity contribution in [3.8, 4) is 0 Å². The fraction of sp³-hybridized carbons (Fsp3) is 0.550. The number of carbonyl (C=O) groups is 1. The Labute approximate surface area is 153 Å². The van der Waals surface area contributed by atoms with E-state index >= 15 is 0 Å². The molecular weight excluding hydrogens is 332 g/mol. The van der Waals surface area contributed by atoms with Crippen molar-refractivity contribution in [1.82, 2.24) is 10.2 Å². The highest BCUT2D eigenvalue weighted by Gasteiger charge is 2.34. The highest BCUT2D eigenvalue weighted by molar-refractivity contribution is 5.90. The van der Waals surface area contributed by atoms with Gasteiger partial charge in [-0.25, -0.2) is 0 Å². The third-order valence-electron chi connectivity index (χ3n) is 5.36. The Hall–Kier alpha value is -1.89. The molecule has 1 N–H and O–H groups in total. The van der Waals surface area contributed by atoms with E-state index in [0.29, 0.717) is 19.6 Å². The van der Waals surface area contributed by atoms with E-state index in [4.69, 9.17) is 13.9 Å². The first-order chi connectivity index (χ1) is 12.6. The minimum atomic E-state index is 0.0152. The number of ether oxygens (including phenoxy) is 2. The van der Waals surface area contributed by atoms with Gasteiger partial charge in [-0.3, -0.25) is 9.69 Å². The Morgan fingerprint density at radius 3 is 2.81 bits per heavy atom. The van der Waals surface area contributed by atoms with Crippen molar-refractivity contribution in [3.63, 3.8) is 0 Å². The van der Waals surface area contributed by atoms with Crippen LogP contribution >= 0.6 is 0 Å². The van der Waals surface area contributed by atoms with Crippen LogP contribution in [-0.2, 0) is 20.7 Å². The number of aryl methyl sites for hydroxylation is 2. The summed E-state index contributed by atoms with van der Waals surface area (Å²) in [5.41, 5.74) is 4.10. The van der Waals surface area contributed by atoms with Crippen molar-refractivity contribution in [2.45, 2.75) is 32.4 Å². The molecule has 0 bridgehead atoms. The molecule has 2 atom stereocenters. The third-order valence-corrected chi connectivity index (χ3v) is 5.36. The molecule has 6 nitrogen and oxygen atoms in total. The molecule has 2 saturated heterocycles. The smallest absolute Gasteiger partial charge is 0.224 e. The molecule has 1 aromatic heterocycles. The zero-order valence-corrected chi connectivity index (χ0v) is 15.4. The van der Waals surface area contributed by atoms with Gasteiger partial charge in [0.2, 0.25) is 5.91 Å². The lowest BCUT2D eigenvalue weighted by molar-refractivity contribution is -0.121. The average molecular weight is 358 g/mol. The predicted octanol–water partition coefficient (Wildman–Crippen LogP) is 1.81. The number of nitrogens with zero attached hydrogens (tertiary/aromatic N) is 1. The Morgan fingerprint density at radius 1 is 1.19 bits per heavy atom. The molecular formula is C20H26N2O4. The van der Waals surface area contributed by atoms with Crippen LogP contribution in [0.4, 0.5) is 0 Å². The molecule has 1 amide bonds. The first-order valence-corrected chi connectivity index (χ1v) is 9.28. The number of carbonyl (C=O) groups excluding carboxylic acids is 1. The molecule has 140 valence electrons.